The number of aliphatic hydroxyl groups is 2. The van der Waals surface area contributed by atoms with Crippen LogP contribution in [0.3, 0.4) is 0 Å². The summed E-state index contributed by atoms with van der Waals surface area (Å²) in [5.41, 5.74) is 0. The highest BCUT2D eigenvalue weighted by Crippen LogP contribution is 2.12. The molecule has 2 heteroatoms. The van der Waals surface area contributed by atoms with Gasteiger partial charge in [-0.25, -0.2) is 0 Å². The van der Waals surface area contributed by atoms with Crippen molar-refractivity contribution < 1.29 is 10.2 Å². The first-order valence-electron chi connectivity index (χ1n) is 7.60. The van der Waals surface area contributed by atoms with Gasteiger partial charge in [-0.1, -0.05) is 64.7 Å². The first kappa shape index (κ1) is 16.9. The van der Waals surface area contributed by atoms with Crippen LogP contribution in [0.25, 0.3) is 0 Å². The zero-order valence-electron chi connectivity index (χ0n) is 11.7. The third-order valence-electron chi connectivity index (χ3n) is 3.34. The zero-order chi connectivity index (χ0) is 12.8. The summed E-state index contributed by atoms with van der Waals surface area (Å²) in [5, 5.41) is 18.2. The van der Waals surface area contributed by atoms with Crippen molar-refractivity contribution in [2.45, 2.75) is 90.1 Å². The largest absolute Gasteiger partial charge is 0.396 e. The number of hydrogen-bond acceptors (Lipinski definition) is 2. The Morgan fingerprint density at radius 1 is 0.706 bits per heavy atom. The van der Waals surface area contributed by atoms with Gasteiger partial charge in [0.1, 0.15) is 0 Å². The predicted molar refractivity (Wildman–Crippen MR) is 74.2 cm³/mol. The zero-order valence-corrected chi connectivity index (χ0v) is 11.7. The summed E-state index contributed by atoms with van der Waals surface area (Å²) in [7, 11) is 0. The van der Waals surface area contributed by atoms with E-state index in [4.69, 9.17) is 5.11 Å². The summed E-state index contributed by atoms with van der Waals surface area (Å²) in [6, 6.07) is 0. The van der Waals surface area contributed by atoms with E-state index in [1.807, 2.05) is 0 Å². The maximum Gasteiger partial charge on any atom is 0.0541 e. The van der Waals surface area contributed by atoms with Crippen molar-refractivity contribution in [3.05, 3.63) is 0 Å². The van der Waals surface area contributed by atoms with Gasteiger partial charge in [0.05, 0.1) is 6.10 Å². The molecule has 0 saturated heterocycles. The Labute approximate surface area is 107 Å². The van der Waals surface area contributed by atoms with E-state index in [9.17, 15) is 5.11 Å². The van der Waals surface area contributed by atoms with E-state index in [0.29, 0.717) is 0 Å². The van der Waals surface area contributed by atoms with Gasteiger partial charge in [-0.2, -0.15) is 0 Å². The Kier molecular flexibility index (Phi) is 13.9. The van der Waals surface area contributed by atoms with Gasteiger partial charge in [0.2, 0.25) is 0 Å². The van der Waals surface area contributed by atoms with Crippen molar-refractivity contribution in [3.8, 4) is 0 Å². The number of aliphatic hydroxyl groups excluding tert-OH is 2. The van der Waals surface area contributed by atoms with Crippen LogP contribution in [0, 0.1) is 0 Å². The fraction of sp³-hybridized carbons (Fsp3) is 1.00. The van der Waals surface area contributed by atoms with Crippen LogP contribution in [-0.4, -0.2) is 22.9 Å². The monoisotopic (exact) mass is 244 g/mol. The Balaban J connectivity index is 3.02. The summed E-state index contributed by atoms with van der Waals surface area (Å²) >= 11 is 0. The van der Waals surface area contributed by atoms with Crippen LogP contribution in [0.4, 0.5) is 0 Å². The Bertz CT molecular complexity index is 137. The molecule has 0 heterocycles. The fourth-order valence-corrected chi connectivity index (χ4v) is 2.16. The van der Waals surface area contributed by atoms with Crippen LogP contribution in [0.5, 0.6) is 0 Å². The molecule has 2 nitrogen and oxygen atoms in total. The molecule has 0 bridgehead atoms. The molecule has 0 aromatic carbocycles. The van der Waals surface area contributed by atoms with Crippen LogP contribution in [0.15, 0.2) is 0 Å². The summed E-state index contributed by atoms with van der Waals surface area (Å²) in [6.07, 6.45) is 14.2. The molecule has 104 valence electrons. The lowest BCUT2D eigenvalue weighted by Gasteiger charge is -2.09. The van der Waals surface area contributed by atoms with Crippen LogP contribution >= 0.6 is 0 Å². The molecular weight excluding hydrogens is 212 g/mol. The predicted octanol–water partition coefficient (Wildman–Crippen LogP) is 4.04. The molecule has 0 aromatic heterocycles. The van der Waals surface area contributed by atoms with Gasteiger partial charge in [-0.3, -0.25) is 0 Å². The summed E-state index contributed by atoms with van der Waals surface area (Å²) in [4.78, 5) is 0. The topological polar surface area (TPSA) is 40.5 Å². The lowest BCUT2D eigenvalue weighted by Crippen LogP contribution is -2.06. The molecular formula is C15H32O2. The molecule has 2 N–H and O–H groups in total. The Hall–Kier alpha value is -0.0800. The Morgan fingerprint density at radius 3 is 1.71 bits per heavy atom. The minimum atomic E-state index is -0.188. The van der Waals surface area contributed by atoms with Gasteiger partial charge in [0.15, 0.2) is 0 Å². The van der Waals surface area contributed by atoms with Crippen LogP contribution in [0.1, 0.15) is 84.0 Å². The first-order valence-corrected chi connectivity index (χ1v) is 7.60. The van der Waals surface area contributed by atoms with E-state index >= 15 is 0 Å². The highest BCUT2D eigenvalue weighted by atomic mass is 16.3. The second-order valence-corrected chi connectivity index (χ2v) is 5.14. The maximum absolute atomic E-state index is 9.57. The Morgan fingerprint density at radius 2 is 1.18 bits per heavy atom. The van der Waals surface area contributed by atoms with Gasteiger partial charge in [0, 0.05) is 6.61 Å². The molecule has 17 heavy (non-hydrogen) atoms. The molecule has 0 rings (SSSR count). The van der Waals surface area contributed by atoms with Crippen LogP contribution in [-0.2, 0) is 0 Å². The van der Waals surface area contributed by atoms with Crippen LogP contribution in [0.2, 0.25) is 0 Å². The number of hydrogen-bond donors (Lipinski definition) is 2. The molecule has 0 fully saturated rings. The van der Waals surface area contributed by atoms with Crippen molar-refractivity contribution in [1.82, 2.24) is 0 Å². The average Bonchev–Trinajstić information content (AvgIpc) is 2.34. The molecule has 0 aromatic rings. The van der Waals surface area contributed by atoms with Crippen molar-refractivity contribution in [2.75, 3.05) is 6.61 Å². The maximum atomic E-state index is 9.57. The highest BCUT2D eigenvalue weighted by molar-refractivity contribution is 4.56. The van der Waals surface area contributed by atoms with E-state index in [2.05, 4.69) is 6.92 Å². The van der Waals surface area contributed by atoms with Crippen LogP contribution < -0.4 is 0 Å². The van der Waals surface area contributed by atoms with Crippen molar-refractivity contribution >= 4 is 0 Å². The van der Waals surface area contributed by atoms with Crippen molar-refractivity contribution in [3.63, 3.8) is 0 Å². The lowest BCUT2D eigenvalue weighted by molar-refractivity contribution is 0.137. The average molecular weight is 244 g/mol. The number of rotatable bonds is 13. The molecule has 0 spiro atoms. The molecule has 0 radical (unpaired) electrons. The standard InChI is InChI=1S/C15H32O2/c1-2-3-4-5-6-7-8-9-10-12-15(17)13-11-14-16/h15-17H,2-14H2,1H3. The van der Waals surface area contributed by atoms with Gasteiger partial charge >= 0.3 is 0 Å². The van der Waals surface area contributed by atoms with Crippen molar-refractivity contribution in [1.29, 1.82) is 0 Å². The normalized spacial score (nSPS) is 12.9. The van der Waals surface area contributed by atoms with E-state index < -0.39 is 0 Å². The highest BCUT2D eigenvalue weighted by Gasteiger charge is 2.02. The second-order valence-electron chi connectivity index (χ2n) is 5.14. The third-order valence-corrected chi connectivity index (χ3v) is 3.34. The SMILES string of the molecule is CCCCCCCCCCCC(O)CCCO. The van der Waals surface area contributed by atoms with E-state index in [1.54, 1.807) is 0 Å². The molecule has 0 amide bonds. The second kappa shape index (κ2) is 14.0. The summed E-state index contributed by atoms with van der Waals surface area (Å²) < 4.78 is 0. The van der Waals surface area contributed by atoms with E-state index in [1.165, 1.54) is 51.4 Å². The minimum Gasteiger partial charge on any atom is -0.396 e. The molecule has 1 unspecified atom stereocenters. The fourth-order valence-electron chi connectivity index (χ4n) is 2.16. The van der Waals surface area contributed by atoms with E-state index in [-0.39, 0.29) is 12.7 Å². The smallest absolute Gasteiger partial charge is 0.0541 e. The molecule has 1 atom stereocenters. The minimum absolute atomic E-state index is 0.188. The number of unbranched alkanes of at least 4 members (excludes halogenated alkanes) is 8. The van der Waals surface area contributed by atoms with Gasteiger partial charge in [-0.05, 0) is 19.3 Å². The molecule has 0 aliphatic rings. The summed E-state index contributed by atoms with van der Waals surface area (Å²) in [6.45, 7) is 2.46. The quantitative estimate of drug-likeness (QED) is 0.480. The van der Waals surface area contributed by atoms with Crippen molar-refractivity contribution in [2.24, 2.45) is 0 Å². The molecule has 0 saturated carbocycles. The lowest BCUT2D eigenvalue weighted by atomic mass is 10.0. The van der Waals surface area contributed by atoms with Gasteiger partial charge < -0.3 is 10.2 Å². The summed E-state index contributed by atoms with van der Waals surface area (Å²) in [5.74, 6) is 0. The van der Waals surface area contributed by atoms with Gasteiger partial charge in [-0.15, -0.1) is 0 Å². The third kappa shape index (κ3) is 13.9. The molecule has 0 aliphatic heterocycles. The molecule has 0 aliphatic carbocycles. The van der Waals surface area contributed by atoms with Gasteiger partial charge in [0.25, 0.3) is 0 Å². The first-order chi connectivity index (χ1) is 8.31. The van der Waals surface area contributed by atoms with E-state index in [0.717, 1.165) is 25.7 Å².